The van der Waals surface area contributed by atoms with Crippen LogP contribution in [0, 0.1) is 5.82 Å². The third kappa shape index (κ3) is 4.09. The Morgan fingerprint density at radius 1 is 1.00 bits per heavy atom. The number of anilines is 1. The molecule has 156 valence electrons. The first-order chi connectivity index (χ1) is 15.0. The van der Waals surface area contributed by atoms with Gasteiger partial charge in [-0.15, -0.1) is 0 Å². The fraction of sp³-hybridized carbons (Fsp3) is 0.0870. The number of halogens is 1. The summed E-state index contributed by atoms with van der Waals surface area (Å²) in [6.45, 7) is 2.32. The van der Waals surface area contributed by atoms with Crippen molar-refractivity contribution in [3.05, 3.63) is 77.8 Å². The maximum absolute atomic E-state index is 13.1. The number of hydrogen-bond acceptors (Lipinski definition) is 5. The molecule has 8 heteroatoms. The highest BCUT2D eigenvalue weighted by molar-refractivity contribution is 6.39. The van der Waals surface area contributed by atoms with Gasteiger partial charge in [0.25, 0.3) is 11.8 Å². The summed E-state index contributed by atoms with van der Waals surface area (Å²) in [5.74, 6) is -0.712. The lowest BCUT2D eigenvalue weighted by molar-refractivity contribution is -0.122. The van der Waals surface area contributed by atoms with Gasteiger partial charge >= 0.3 is 6.03 Å². The average Bonchev–Trinajstić information content (AvgIpc) is 3.22. The van der Waals surface area contributed by atoms with Crippen LogP contribution in [-0.2, 0) is 9.59 Å². The van der Waals surface area contributed by atoms with E-state index in [1.165, 1.54) is 18.2 Å². The monoisotopic (exact) mass is 420 g/mol. The predicted molar refractivity (Wildman–Crippen MR) is 111 cm³/mol. The van der Waals surface area contributed by atoms with Gasteiger partial charge in [0.15, 0.2) is 0 Å². The second-order valence-corrected chi connectivity index (χ2v) is 6.59. The lowest BCUT2D eigenvalue weighted by Crippen LogP contribution is -2.54. The van der Waals surface area contributed by atoms with Gasteiger partial charge in [0.2, 0.25) is 0 Å². The van der Waals surface area contributed by atoms with E-state index in [9.17, 15) is 18.8 Å². The minimum atomic E-state index is -0.845. The Morgan fingerprint density at radius 3 is 2.39 bits per heavy atom. The number of imide groups is 2. The Kier molecular flexibility index (Phi) is 5.36. The van der Waals surface area contributed by atoms with E-state index in [0.29, 0.717) is 23.7 Å². The summed E-state index contributed by atoms with van der Waals surface area (Å²) >= 11 is 0. The summed E-state index contributed by atoms with van der Waals surface area (Å²) in [5.41, 5.74) is 0.668. The summed E-state index contributed by atoms with van der Waals surface area (Å²) in [6.07, 6.45) is 1.26. The van der Waals surface area contributed by atoms with E-state index in [4.69, 9.17) is 9.15 Å². The van der Waals surface area contributed by atoms with E-state index >= 15 is 0 Å². The topological polar surface area (TPSA) is 88.8 Å². The van der Waals surface area contributed by atoms with E-state index in [2.05, 4.69) is 5.32 Å². The molecule has 1 aliphatic rings. The summed E-state index contributed by atoms with van der Waals surface area (Å²) in [5, 5.41) is 2.16. The highest BCUT2D eigenvalue weighted by Gasteiger charge is 2.37. The van der Waals surface area contributed by atoms with E-state index in [1.807, 2.05) is 6.92 Å². The molecule has 1 fully saturated rings. The van der Waals surface area contributed by atoms with Crippen molar-refractivity contribution < 1.29 is 27.9 Å². The Labute approximate surface area is 176 Å². The van der Waals surface area contributed by atoms with Crippen molar-refractivity contribution in [2.24, 2.45) is 0 Å². The molecule has 0 bridgehead atoms. The molecule has 1 saturated heterocycles. The van der Waals surface area contributed by atoms with Crippen molar-refractivity contribution in [2.75, 3.05) is 11.5 Å². The molecule has 1 aliphatic heterocycles. The number of ether oxygens (including phenoxy) is 1. The number of furan rings is 1. The molecule has 1 aromatic heterocycles. The van der Waals surface area contributed by atoms with E-state index in [0.717, 1.165) is 4.90 Å². The number of nitrogens with one attached hydrogen (secondary N) is 1. The molecule has 31 heavy (non-hydrogen) atoms. The van der Waals surface area contributed by atoms with Crippen LogP contribution < -0.4 is 15.0 Å². The quantitative estimate of drug-likeness (QED) is 0.495. The zero-order valence-electron chi connectivity index (χ0n) is 16.4. The van der Waals surface area contributed by atoms with E-state index in [-0.39, 0.29) is 22.8 Å². The van der Waals surface area contributed by atoms with Crippen LogP contribution in [0.15, 0.2) is 70.7 Å². The van der Waals surface area contributed by atoms with Gasteiger partial charge in [-0.05, 0) is 73.7 Å². The maximum atomic E-state index is 13.1. The number of carbonyl (C=O) groups excluding carboxylic acids is 3. The molecule has 4 rings (SSSR count). The number of urea groups is 1. The second kappa shape index (κ2) is 8.27. The number of hydrogen-bond donors (Lipinski definition) is 1. The minimum Gasteiger partial charge on any atom is -0.494 e. The van der Waals surface area contributed by atoms with Crippen LogP contribution in [-0.4, -0.2) is 24.5 Å². The first-order valence-corrected chi connectivity index (χ1v) is 9.46. The Balaban J connectivity index is 1.62. The standard InChI is InChI=1S/C23H17FN2O5/c1-2-30-17-9-7-16(8-10-17)26-22(28)19(21(27)25-23(26)29)13-18-11-12-20(31-18)14-3-5-15(24)6-4-14/h3-13H,2H2,1H3,(H,25,27,29)/b19-13-. The largest absolute Gasteiger partial charge is 0.494 e. The van der Waals surface area contributed by atoms with Crippen LogP contribution in [0.4, 0.5) is 14.9 Å². The number of nitrogens with zero attached hydrogens (tertiary/aromatic N) is 1. The molecule has 2 aromatic carbocycles. The van der Waals surface area contributed by atoms with Gasteiger partial charge in [0, 0.05) is 5.56 Å². The SMILES string of the molecule is CCOc1ccc(N2C(=O)NC(=O)/C(=C/c3ccc(-c4ccc(F)cc4)o3)C2=O)cc1. The first-order valence-electron chi connectivity index (χ1n) is 9.46. The van der Waals surface area contributed by atoms with Crippen molar-refractivity contribution >= 4 is 29.6 Å². The van der Waals surface area contributed by atoms with Gasteiger partial charge in [-0.3, -0.25) is 14.9 Å². The molecule has 0 atom stereocenters. The van der Waals surface area contributed by atoms with Crippen LogP contribution >= 0.6 is 0 Å². The molecule has 0 saturated carbocycles. The van der Waals surface area contributed by atoms with Crippen molar-refractivity contribution in [1.82, 2.24) is 5.32 Å². The number of barbiturate groups is 1. The first kappa shape index (κ1) is 20.1. The molecule has 0 spiro atoms. The molecular weight excluding hydrogens is 403 g/mol. The fourth-order valence-electron chi connectivity index (χ4n) is 3.09. The van der Waals surface area contributed by atoms with Gasteiger partial charge in [0.1, 0.15) is 28.7 Å². The maximum Gasteiger partial charge on any atom is 0.335 e. The van der Waals surface area contributed by atoms with Gasteiger partial charge < -0.3 is 9.15 Å². The van der Waals surface area contributed by atoms with Crippen molar-refractivity contribution in [2.45, 2.75) is 6.92 Å². The van der Waals surface area contributed by atoms with Crippen LogP contribution in [0.2, 0.25) is 0 Å². The molecule has 7 nitrogen and oxygen atoms in total. The highest BCUT2D eigenvalue weighted by atomic mass is 19.1. The smallest absolute Gasteiger partial charge is 0.335 e. The molecule has 0 unspecified atom stereocenters. The van der Waals surface area contributed by atoms with Crippen molar-refractivity contribution in [3.63, 3.8) is 0 Å². The fourth-order valence-corrected chi connectivity index (χ4v) is 3.09. The van der Waals surface area contributed by atoms with Gasteiger partial charge in [-0.2, -0.15) is 0 Å². The number of rotatable bonds is 5. The Bertz CT molecular complexity index is 1180. The summed E-state index contributed by atoms with van der Waals surface area (Å²) in [7, 11) is 0. The third-order valence-electron chi connectivity index (χ3n) is 4.55. The molecule has 0 aliphatic carbocycles. The Hall–Kier alpha value is -4.20. The minimum absolute atomic E-state index is 0.235. The summed E-state index contributed by atoms with van der Waals surface area (Å²) in [4.78, 5) is 38.4. The van der Waals surface area contributed by atoms with Crippen molar-refractivity contribution in [1.29, 1.82) is 0 Å². The van der Waals surface area contributed by atoms with Crippen LogP contribution in [0.25, 0.3) is 17.4 Å². The second-order valence-electron chi connectivity index (χ2n) is 6.59. The summed E-state index contributed by atoms with van der Waals surface area (Å²) < 4.78 is 24.1. The van der Waals surface area contributed by atoms with Crippen molar-refractivity contribution in [3.8, 4) is 17.1 Å². The third-order valence-corrected chi connectivity index (χ3v) is 4.55. The van der Waals surface area contributed by atoms with E-state index in [1.54, 1.807) is 48.5 Å². The zero-order chi connectivity index (χ0) is 22.0. The molecular formula is C23H17FN2O5. The van der Waals surface area contributed by atoms with Crippen LogP contribution in [0.3, 0.4) is 0 Å². The lowest BCUT2D eigenvalue weighted by Gasteiger charge is -2.26. The molecule has 3 aromatic rings. The lowest BCUT2D eigenvalue weighted by atomic mass is 10.1. The predicted octanol–water partition coefficient (Wildman–Crippen LogP) is 4.15. The average molecular weight is 420 g/mol. The number of amides is 4. The van der Waals surface area contributed by atoms with Gasteiger partial charge in [0.05, 0.1) is 12.3 Å². The molecule has 4 amide bonds. The Morgan fingerprint density at radius 2 is 1.71 bits per heavy atom. The molecule has 2 heterocycles. The van der Waals surface area contributed by atoms with Gasteiger partial charge in [-0.1, -0.05) is 0 Å². The highest BCUT2D eigenvalue weighted by Crippen LogP contribution is 2.27. The molecule has 0 radical (unpaired) electrons. The van der Waals surface area contributed by atoms with Crippen LogP contribution in [0.5, 0.6) is 5.75 Å². The van der Waals surface area contributed by atoms with Gasteiger partial charge in [-0.25, -0.2) is 14.1 Å². The number of carbonyl (C=O) groups is 3. The number of benzene rings is 2. The zero-order valence-corrected chi connectivity index (χ0v) is 16.4. The molecule has 1 N–H and O–H groups in total. The van der Waals surface area contributed by atoms with E-state index < -0.39 is 17.8 Å². The normalized spacial score (nSPS) is 15.4. The summed E-state index contributed by atoms with van der Waals surface area (Å²) in [6, 6.07) is 14.4. The van der Waals surface area contributed by atoms with Crippen LogP contribution in [0.1, 0.15) is 12.7 Å².